The van der Waals surface area contributed by atoms with Crippen molar-refractivity contribution in [2.24, 2.45) is 0 Å². The molecule has 7 heavy (non-hydrogen) atoms. The van der Waals surface area contributed by atoms with Crippen molar-refractivity contribution in [1.82, 2.24) is 4.31 Å². The van der Waals surface area contributed by atoms with Gasteiger partial charge in [0.25, 0.3) is 0 Å². The third kappa shape index (κ3) is 1.24. The monoisotopic (exact) mass is 119 g/mol. The summed E-state index contributed by atoms with van der Waals surface area (Å²) < 4.78 is 11.9. The second kappa shape index (κ2) is 2.43. The van der Waals surface area contributed by atoms with Gasteiger partial charge < -0.3 is 0 Å². The van der Waals surface area contributed by atoms with Gasteiger partial charge in [-0.3, -0.25) is 0 Å². The Labute approximate surface area is 47.1 Å². The number of hydrogen-bond acceptors (Lipinski definition) is 1. The Hall–Kier alpha value is 0.110. The Morgan fingerprint density at radius 3 is 2.14 bits per heavy atom. The first-order valence-corrected chi connectivity index (χ1v) is 3.28. The zero-order valence-electron chi connectivity index (χ0n) is 4.13. The molecule has 1 aliphatic rings. The molecule has 0 spiro atoms. The van der Waals surface area contributed by atoms with Crippen LogP contribution in [0.5, 0.6) is 0 Å². The maximum atomic E-state index is 10.0. The van der Waals surface area contributed by atoms with E-state index in [4.69, 9.17) is 0 Å². The Balaban J connectivity index is 2.26. The summed E-state index contributed by atoms with van der Waals surface area (Å²) in [6.45, 7) is 2.04. The molecular weight excluding hydrogens is 110 g/mol. The van der Waals surface area contributed by atoms with E-state index in [1.807, 2.05) is 4.31 Å². The minimum absolute atomic E-state index is 0.205. The fraction of sp³-hybridized carbons (Fsp3) is 1.00. The lowest BCUT2D eigenvalue weighted by Gasteiger charge is -1.99. The van der Waals surface area contributed by atoms with Gasteiger partial charge in [0.05, 0.1) is 11.9 Å². The highest BCUT2D eigenvalue weighted by Crippen LogP contribution is 2.04. The van der Waals surface area contributed by atoms with E-state index in [0.717, 1.165) is 13.1 Å². The van der Waals surface area contributed by atoms with Crippen LogP contribution in [0.4, 0.5) is 0 Å². The van der Waals surface area contributed by atoms with Gasteiger partial charge in [-0.2, -0.15) is 0 Å². The van der Waals surface area contributed by atoms with E-state index in [9.17, 15) is 4.21 Å². The molecule has 0 aliphatic carbocycles. The van der Waals surface area contributed by atoms with Crippen molar-refractivity contribution in [3.63, 3.8) is 0 Å². The number of thiol groups is 1. The second-order valence-electron chi connectivity index (χ2n) is 1.74. The summed E-state index contributed by atoms with van der Waals surface area (Å²) >= 11 is 0.205. The Morgan fingerprint density at radius 2 is 1.86 bits per heavy atom. The molecule has 2 nitrogen and oxygen atoms in total. The van der Waals surface area contributed by atoms with E-state index in [2.05, 4.69) is 0 Å². The van der Waals surface area contributed by atoms with Gasteiger partial charge in [-0.15, -0.1) is 0 Å². The molecule has 0 N–H and O–H groups in total. The second-order valence-corrected chi connectivity index (χ2v) is 2.47. The topological polar surface area (TPSA) is 20.3 Å². The summed E-state index contributed by atoms with van der Waals surface area (Å²) in [4.78, 5) is 0. The zero-order valence-corrected chi connectivity index (χ0v) is 5.03. The van der Waals surface area contributed by atoms with Crippen molar-refractivity contribution < 1.29 is 4.21 Å². The van der Waals surface area contributed by atoms with Gasteiger partial charge in [-0.25, -0.2) is 8.51 Å². The van der Waals surface area contributed by atoms with E-state index >= 15 is 0 Å². The molecule has 3 heteroatoms. The highest BCUT2D eigenvalue weighted by Gasteiger charge is 2.07. The molecule has 1 aliphatic heterocycles. The molecule has 1 heterocycles. The van der Waals surface area contributed by atoms with Gasteiger partial charge in [-0.1, -0.05) is 0 Å². The maximum absolute atomic E-state index is 10.0. The summed E-state index contributed by atoms with van der Waals surface area (Å²) in [5.41, 5.74) is 0. The summed E-state index contributed by atoms with van der Waals surface area (Å²) in [7, 11) is 0. The van der Waals surface area contributed by atoms with Crippen LogP contribution >= 0.6 is 0 Å². The fourth-order valence-electron chi connectivity index (χ4n) is 0.782. The average Bonchev–Trinajstić information content (AvgIpc) is 2.14. The smallest absolute Gasteiger partial charge is 0.0808 e. The van der Waals surface area contributed by atoms with Crippen LogP contribution in [0, 0.1) is 0 Å². The molecule has 1 saturated heterocycles. The molecule has 0 aromatic rings. The third-order valence-corrected chi connectivity index (χ3v) is 1.83. The number of nitrogens with zero attached hydrogens (tertiary/aromatic N) is 1. The normalized spacial score (nSPS) is 23.4. The molecule has 0 unspecified atom stereocenters. The van der Waals surface area contributed by atoms with Crippen molar-refractivity contribution in [2.45, 2.75) is 12.8 Å². The lowest BCUT2D eigenvalue weighted by Crippen LogP contribution is -2.11. The molecule has 0 saturated carbocycles. The van der Waals surface area contributed by atoms with Crippen LogP contribution in [0.3, 0.4) is 0 Å². The van der Waals surface area contributed by atoms with Crippen LogP contribution < -0.4 is 0 Å². The molecule has 0 radical (unpaired) electrons. The van der Waals surface area contributed by atoms with Gasteiger partial charge >= 0.3 is 0 Å². The quantitative estimate of drug-likeness (QED) is 0.480. The van der Waals surface area contributed by atoms with Gasteiger partial charge in [0, 0.05) is 13.1 Å². The van der Waals surface area contributed by atoms with Crippen LogP contribution in [-0.2, 0) is 11.9 Å². The molecule has 1 rings (SSSR count). The van der Waals surface area contributed by atoms with Crippen LogP contribution in [0.2, 0.25) is 0 Å². The Kier molecular flexibility index (Phi) is 1.82. The van der Waals surface area contributed by atoms with Crippen molar-refractivity contribution in [2.75, 3.05) is 13.1 Å². The highest BCUT2D eigenvalue weighted by atomic mass is 32.2. The summed E-state index contributed by atoms with van der Waals surface area (Å²) in [5.74, 6) is 0. The molecule has 0 aromatic heterocycles. The van der Waals surface area contributed by atoms with Crippen molar-refractivity contribution in [1.29, 1.82) is 0 Å². The van der Waals surface area contributed by atoms with Crippen molar-refractivity contribution in [3.05, 3.63) is 0 Å². The van der Waals surface area contributed by atoms with Crippen LogP contribution in [0.25, 0.3) is 0 Å². The minimum Gasteiger partial charge on any atom is -0.246 e. The predicted molar refractivity (Wildman–Crippen MR) is 30.3 cm³/mol. The Bertz CT molecular complexity index is 70.1. The molecule has 1 fully saturated rings. The molecular formula is C4H9NOS. The van der Waals surface area contributed by atoms with E-state index < -0.39 is 0 Å². The molecule has 0 aromatic carbocycles. The van der Waals surface area contributed by atoms with E-state index in [1.54, 1.807) is 0 Å². The largest absolute Gasteiger partial charge is 0.246 e. The maximum Gasteiger partial charge on any atom is 0.0808 e. The van der Waals surface area contributed by atoms with Crippen molar-refractivity contribution in [3.8, 4) is 0 Å². The minimum atomic E-state index is 0.205. The van der Waals surface area contributed by atoms with Gasteiger partial charge in [0.15, 0.2) is 0 Å². The van der Waals surface area contributed by atoms with Crippen LogP contribution in [0.1, 0.15) is 12.8 Å². The van der Waals surface area contributed by atoms with Gasteiger partial charge in [0.1, 0.15) is 0 Å². The van der Waals surface area contributed by atoms with E-state index in [1.165, 1.54) is 12.8 Å². The van der Waals surface area contributed by atoms with E-state index in [-0.39, 0.29) is 11.9 Å². The average molecular weight is 119 g/mol. The third-order valence-electron chi connectivity index (χ3n) is 1.20. The fourth-order valence-corrected chi connectivity index (χ4v) is 1.23. The first-order valence-electron chi connectivity index (χ1n) is 2.52. The molecule has 0 bridgehead atoms. The molecule has 0 atom stereocenters. The summed E-state index contributed by atoms with van der Waals surface area (Å²) in [6.07, 6.45) is 2.44. The highest BCUT2D eigenvalue weighted by molar-refractivity contribution is 7.63. The van der Waals surface area contributed by atoms with E-state index in [0.29, 0.717) is 0 Å². The molecule has 0 amide bonds. The van der Waals surface area contributed by atoms with Crippen LogP contribution in [-0.4, -0.2) is 21.6 Å². The number of rotatable bonds is 1. The Morgan fingerprint density at radius 1 is 1.29 bits per heavy atom. The van der Waals surface area contributed by atoms with Gasteiger partial charge in [0.2, 0.25) is 0 Å². The zero-order chi connectivity index (χ0) is 5.11. The lowest BCUT2D eigenvalue weighted by molar-refractivity contribution is 0.551. The lowest BCUT2D eigenvalue weighted by atomic mass is 10.4. The van der Waals surface area contributed by atoms with Crippen molar-refractivity contribution >= 4 is 11.9 Å². The summed E-state index contributed by atoms with van der Waals surface area (Å²) in [5, 5.41) is 0. The molecule has 42 valence electrons. The summed E-state index contributed by atoms with van der Waals surface area (Å²) in [6, 6.07) is 0. The van der Waals surface area contributed by atoms with Gasteiger partial charge in [-0.05, 0) is 12.8 Å². The number of hydrogen-bond donors (Lipinski definition) is 1. The SMILES string of the molecule is O=[SH]N1CCCC1. The standard InChI is InChI=1S/C4H9NOS/c6-7-5-3-1-2-4-5/h7H,1-4H2. The first kappa shape index (κ1) is 5.25. The predicted octanol–water partition coefficient (Wildman–Crippen LogP) is -0.0575. The first-order chi connectivity index (χ1) is 3.43. The van der Waals surface area contributed by atoms with Crippen LogP contribution in [0.15, 0.2) is 0 Å².